The second kappa shape index (κ2) is 6.30. The van der Waals surface area contributed by atoms with Crippen LogP contribution < -0.4 is 0 Å². The Bertz CT molecular complexity index is 631. The minimum absolute atomic E-state index is 0.104. The van der Waals surface area contributed by atoms with E-state index in [0.29, 0.717) is 6.42 Å². The fraction of sp³-hybridized carbons (Fsp3) is 0.417. The average molecular weight is 340 g/mol. The molecule has 0 radical (unpaired) electrons. The molecule has 5 nitrogen and oxygen atoms in total. The Balaban J connectivity index is 3.48. The van der Waals surface area contributed by atoms with E-state index in [1.807, 2.05) is 6.92 Å². The van der Waals surface area contributed by atoms with Crippen molar-refractivity contribution in [3.8, 4) is 0 Å². The molecule has 0 aliphatic carbocycles. The van der Waals surface area contributed by atoms with E-state index in [0.717, 1.165) is 4.31 Å². The molecule has 0 aromatic heterocycles. The van der Waals surface area contributed by atoms with E-state index in [1.165, 1.54) is 19.2 Å². The predicted octanol–water partition coefficient (Wildman–Crippen LogP) is 3.11. The lowest BCUT2D eigenvalue weighted by molar-refractivity contribution is 0.0697. The number of benzene rings is 1. The zero-order valence-corrected chi connectivity index (χ0v) is 13.6. The first-order chi connectivity index (χ1) is 9.14. The van der Waals surface area contributed by atoms with E-state index < -0.39 is 21.6 Å². The van der Waals surface area contributed by atoms with Gasteiger partial charge in [-0.1, -0.05) is 30.1 Å². The Kier molecular flexibility index (Phi) is 5.43. The molecule has 1 aromatic carbocycles. The SMILES string of the molecule is CCC(C)N(C)S(=O)(=O)c1ccc(Cl)c(C(=O)O)c1Cl. The molecule has 112 valence electrons. The smallest absolute Gasteiger partial charge is 0.338 e. The lowest BCUT2D eigenvalue weighted by Gasteiger charge is -2.24. The van der Waals surface area contributed by atoms with Gasteiger partial charge in [0.05, 0.1) is 15.6 Å². The monoisotopic (exact) mass is 339 g/mol. The van der Waals surface area contributed by atoms with Crippen LogP contribution in [-0.4, -0.2) is 36.9 Å². The predicted molar refractivity (Wildman–Crippen MR) is 78.1 cm³/mol. The fourth-order valence-electron chi connectivity index (χ4n) is 1.58. The average Bonchev–Trinajstić information content (AvgIpc) is 2.36. The van der Waals surface area contributed by atoms with Crippen molar-refractivity contribution < 1.29 is 18.3 Å². The molecular weight excluding hydrogens is 325 g/mol. The molecule has 0 saturated carbocycles. The zero-order valence-electron chi connectivity index (χ0n) is 11.2. The van der Waals surface area contributed by atoms with Crippen LogP contribution in [0.25, 0.3) is 0 Å². The highest BCUT2D eigenvalue weighted by atomic mass is 35.5. The summed E-state index contributed by atoms with van der Waals surface area (Å²) in [5, 5.41) is 8.57. The van der Waals surface area contributed by atoms with Crippen LogP contribution in [0.1, 0.15) is 30.6 Å². The summed E-state index contributed by atoms with van der Waals surface area (Å²) in [4.78, 5) is 10.8. The molecule has 0 aliphatic rings. The number of hydrogen-bond acceptors (Lipinski definition) is 3. The summed E-state index contributed by atoms with van der Waals surface area (Å²) in [5.74, 6) is -1.37. The number of sulfonamides is 1. The molecule has 1 atom stereocenters. The number of carboxylic acids is 1. The van der Waals surface area contributed by atoms with Crippen molar-refractivity contribution in [3.63, 3.8) is 0 Å². The van der Waals surface area contributed by atoms with Crippen LogP contribution in [0.2, 0.25) is 10.0 Å². The molecule has 1 unspecified atom stereocenters. The van der Waals surface area contributed by atoms with Gasteiger partial charge in [-0.2, -0.15) is 4.31 Å². The molecule has 0 fully saturated rings. The lowest BCUT2D eigenvalue weighted by Crippen LogP contribution is -2.34. The van der Waals surface area contributed by atoms with Gasteiger partial charge in [0.15, 0.2) is 0 Å². The Hall–Kier alpha value is -0.820. The largest absolute Gasteiger partial charge is 0.478 e. The number of aromatic carboxylic acids is 1. The Morgan fingerprint density at radius 3 is 2.40 bits per heavy atom. The van der Waals surface area contributed by atoms with Crippen LogP contribution in [0.4, 0.5) is 0 Å². The molecule has 0 amide bonds. The first kappa shape index (κ1) is 17.2. The molecule has 8 heteroatoms. The van der Waals surface area contributed by atoms with Gasteiger partial charge in [0.2, 0.25) is 10.0 Å². The molecule has 0 saturated heterocycles. The van der Waals surface area contributed by atoms with Crippen LogP contribution in [0.5, 0.6) is 0 Å². The van der Waals surface area contributed by atoms with E-state index in [-0.39, 0.29) is 21.0 Å². The number of carbonyl (C=O) groups is 1. The number of hydrogen-bond donors (Lipinski definition) is 1. The summed E-state index contributed by atoms with van der Waals surface area (Å²) >= 11 is 11.7. The maximum atomic E-state index is 12.4. The van der Waals surface area contributed by atoms with Crippen LogP contribution in [0, 0.1) is 0 Å². The second-order valence-electron chi connectivity index (χ2n) is 4.32. The fourth-order valence-corrected chi connectivity index (χ4v) is 3.90. The molecule has 1 rings (SSSR count). The second-order valence-corrected chi connectivity index (χ2v) is 7.07. The number of rotatable bonds is 5. The summed E-state index contributed by atoms with van der Waals surface area (Å²) in [6.07, 6.45) is 0.618. The molecule has 0 spiro atoms. The summed E-state index contributed by atoms with van der Waals surface area (Å²) < 4.78 is 26.1. The van der Waals surface area contributed by atoms with E-state index in [4.69, 9.17) is 28.3 Å². The van der Waals surface area contributed by atoms with Crippen LogP contribution in [0.3, 0.4) is 0 Å². The number of carboxylic acid groups (broad SMARTS) is 1. The standard InChI is InChI=1S/C12H15Cl2NO4S/c1-4-7(2)15(3)20(18,19)9-6-5-8(13)10(11(9)14)12(16)17/h5-7H,4H2,1-3H3,(H,16,17). The minimum atomic E-state index is -3.87. The van der Waals surface area contributed by atoms with Crippen molar-refractivity contribution in [2.45, 2.75) is 31.2 Å². The van der Waals surface area contributed by atoms with Gasteiger partial charge in [-0.25, -0.2) is 13.2 Å². The molecular formula is C12H15Cl2NO4S. The van der Waals surface area contributed by atoms with Crippen molar-refractivity contribution in [1.82, 2.24) is 4.31 Å². The normalized spacial score (nSPS) is 13.5. The maximum Gasteiger partial charge on any atom is 0.338 e. The van der Waals surface area contributed by atoms with Gasteiger partial charge in [0.25, 0.3) is 0 Å². The van der Waals surface area contributed by atoms with E-state index >= 15 is 0 Å². The quantitative estimate of drug-likeness (QED) is 0.894. The summed E-state index contributed by atoms with van der Waals surface area (Å²) in [6.45, 7) is 3.60. The van der Waals surface area contributed by atoms with Gasteiger partial charge >= 0.3 is 5.97 Å². The highest BCUT2D eigenvalue weighted by Gasteiger charge is 2.29. The Morgan fingerprint density at radius 1 is 1.40 bits per heavy atom. The van der Waals surface area contributed by atoms with Crippen molar-refractivity contribution in [2.24, 2.45) is 0 Å². The minimum Gasteiger partial charge on any atom is -0.478 e. The van der Waals surface area contributed by atoms with E-state index in [9.17, 15) is 13.2 Å². The van der Waals surface area contributed by atoms with Gasteiger partial charge in [0.1, 0.15) is 4.90 Å². The van der Waals surface area contributed by atoms with Gasteiger partial charge in [-0.3, -0.25) is 0 Å². The lowest BCUT2D eigenvalue weighted by atomic mass is 10.2. The Morgan fingerprint density at radius 2 is 1.95 bits per heavy atom. The summed E-state index contributed by atoms with van der Waals surface area (Å²) in [6, 6.07) is 2.19. The van der Waals surface area contributed by atoms with Crippen molar-refractivity contribution in [3.05, 3.63) is 27.7 Å². The van der Waals surface area contributed by atoms with Gasteiger partial charge in [-0.05, 0) is 25.5 Å². The van der Waals surface area contributed by atoms with Gasteiger partial charge in [-0.15, -0.1) is 0 Å². The molecule has 0 aliphatic heterocycles. The molecule has 1 N–H and O–H groups in total. The third-order valence-corrected chi connectivity index (χ3v) is 5.97. The first-order valence-corrected chi connectivity index (χ1v) is 8.03. The van der Waals surface area contributed by atoms with E-state index in [2.05, 4.69) is 0 Å². The summed E-state index contributed by atoms with van der Waals surface area (Å²) in [7, 11) is -2.45. The van der Waals surface area contributed by atoms with Crippen molar-refractivity contribution in [1.29, 1.82) is 0 Å². The molecule has 20 heavy (non-hydrogen) atoms. The number of nitrogens with zero attached hydrogens (tertiary/aromatic N) is 1. The van der Waals surface area contributed by atoms with Gasteiger partial charge < -0.3 is 5.11 Å². The molecule has 0 bridgehead atoms. The zero-order chi connectivity index (χ0) is 15.7. The molecule has 0 heterocycles. The highest BCUT2D eigenvalue weighted by molar-refractivity contribution is 7.89. The van der Waals surface area contributed by atoms with Gasteiger partial charge in [0, 0.05) is 13.1 Å². The topological polar surface area (TPSA) is 74.7 Å². The summed E-state index contributed by atoms with van der Waals surface area (Å²) in [5.41, 5.74) is -0.410. The van der Waals surface area contributed by atoms with Crippen LogP contribution >= 0.6 is 23.2 Å². The van der Waals surface area contributed by atoms with Crippen molar-refractivity contribution in [2.75, 3.05) is 7.05 Å². The van der Waals surface area contributed by atoms with E-state index in [1.54, 1.807) is 6.92 Å². The maximum absolute atomic E-state index is 12.4. The Labute approximate surface area is 128 Å². The highest BCUT2D eigenvalue weighted by Crippen LogP contribution is 2.33. The molecule has 1 aromatic rings. The van der Waals surface area contributed by atoms with Crippen LogP contribution in [0.15, 0.2) is 17.0 Å². The van der Waals surface area contributed by atoms with Crippen molar-refractivity contribution >= 4 is 39.2 Å². The number of halogens is 2. The third kappa shape index (κ3) is 3.09. The van der Waals surface area contributed by atoms with Crippen LogP contribution in [-0.2, 0) is 10.0 Å². The third-order valence-electron chi connectivity index (χ3n) is 3.14. The first-order valence-electron chi connectivity index (χ1n) is 5.83.